The van der Waals surface area contributed by atoms with Gasteiger partial charge in [0.2, 0.25) is 0 Å². The number of aromatic nitrogens is 2. The monoisotopic (exact) mass is 300 g/mol. The van der Waals surface area contributed by atoms with Crippen molar-refractivity contribution >= 4 is 10.9 Å². The second-order valence-corrected chi connectivity index (χ2v) is 4.70. The first-order chi connectivity index (χ1) is 9.94. The molecule has 2 heterocycles. The summed E-state index contributed by atoms with van der Waals surface area (Å²) in [5.74, 6) is -0.436. The molecule has 1 fully saturated rings. The third-order valence-corrected chi connectivity index (χ3v) is 3.29. The van der Waals surface area contributed by atoms with Gasteiger partial charge in [-0.1, -0.05) is 0 Å². The highest BCUT2D eigenvalue weighted by Gasteiger charge is 2.31. The summed E-state index contributed by atoms with van der Waals surface area (Å²) in [5, 5.41) is 0.0890. The van der Waals surface area contributed by atoms with Gasteiger partial charge >= 0.3 is 6.36 Å². The number of fused-ring (bicyclic) bond motifs is 1. The molecule has 1 aromatic heterocycles. The van der Waals surface area contributed by atoms with Crippen LogP contribution in [0.3, 0.4) is 0 Å². The summed E-state index contributed by atoms with van der Waals surface area (Å²) in [7, 11) is 0. The smallest absolute Gasteiger partial charge is 0.406 e. The molecule has 1 aliphatic heterocycles. The Hall–Kier alpha value is -2.09. The Morgan fingerprint density at radius 2 is 2.19 bits per heavy atom. The average molecular weight is 300 g/mol. The first-order valence-corrected chi connectivity index (χ1v) is 6.28. The third-order valence-electron chi connectivity index (χ3n) is 3.29. The van der Waals surface area contributed by atoms with Crippen LogP contribution in [0.15, 0.2) is 29.3 Å². The first kappa shape index (κ1) is 13.9. The van der Waals surface area contributed by atoms with Gasteiger partial charge in [-0.2, -0.15) is 0 Å². The maximum atomic E-state index is 12.4. The first-order valence-electron chi connectivity index (χ1n) is 6.28. The zero-order chi connectivity index (χ0) is 15.0. The van der Waals surface area contributed by atoms with Crippen LogP contribution in [0.25, 0.3) is 10.9 Å². The van der Waals surface area contributed by atoms with Gasteiger partial charge in [0.1, 0.15) is 5.75 Å². The fourth-order valence-corrected chi connectivity index (χ4v) is 2.31. The van der Waals surface area contributed by atoms with Gasteiger partial charge in [-0.25, -0.2) is 4.98 Å². The Bertz CT molecular complexity index is 721. The van der Waals surface area contributed by atoms with Crippen molar-refractivity contribution in [1.29, 1.82) is 0 Å². The molecule has 2 aromatic rings. The average Bonchev–Trinajstić information content (AvgIpc) is 2.92. The van der Waals surface area contributed by atoms with Gasteiger partial charge in [0, 0.05) is 6.61 Å². The van der Waals surface area contributed by atoms with E-state index in [4.69, 9.17) is 4.74 Å². The summed E-state index contributed by atoms with van der Waals surface area (Å²) >= 11 is 0. The molecule has 1 unspecified atom stereocenters. The van der Waals surface area contributed by atoms with E-state index in [2.05, 4.69) is 9.72 Å². The van der Waals surface area contributed by atoms with Crippen molar-refractivity contribution < 1.29 is 22.6 Å². The number of hydrogen-bond donors (Lipinski definition) is 0. The van der Waals surface area contributed by atoms with E-state index >= 15 is 0 Å². The van der Waals surface area contributed by atoms with Crippen molar-refractivity contribution in [2.24, 2.45) is 0 Å². The van der Waals surface area contributed by atoms with E-state index in [0.717, 1.165) is 12.1 Å². The van der Waals surface area contributed by atoms with Crippen LogP contribution in [-0.2, 0) is 4.74 Å². The molecule has 1 aliphatic rings. The lowest BCUT2D eigenvalue weighted by Crippen LogP contribution is -2.25. The number of alkyl halides is 3. The molecule has 0 N–H and O–H groups in total. The lowest BCUT2D eigenvalue weighted by atomic mass is 10.2. The zero-order valence-electron chi connectivity index (χ0n) is 10.8. The van der Waals surface area contributed by atoms with Gasteiger partial charge < -0.3 is 9.47 Å². The molecule has 1 atom stereocenters. The second-order valence-electron chi connectivity index (χ2n) is 4.70. The molecule has 0 amide bonds. The van der Waals surface area contributed by atoms with Gasteiger partial charge in [0.05, 0.1) is 29.9 Å². The van der Waals surface area contributed by atoms with Crippen LogP contribution in [-0.4, -0.2) is 29.1 Å². The number of hydrogen-bond acceptors (Lipinski definition) is 4. The van der Waals surface area contributed by atoms with Gasteiger partial charge in [-0.05, 0) is 24.6 Å². The van der Waals surface area contributed by atoms with E-state index in [1.807, 2.05) is 0 Å². The Kier molecular flexibility index (Phi) is 3.32. The quantitative estimate of drug-likeness (QED) is 0.853. The SMILES string of the molecule is O=c1c2cc(OC(F)(F)F)ccc2ncn1C1CCOC1. The molecular weight excluding hydrogens is 289 g/mol. The molecule has 1 saturated heterocycles. The van der Waals surface area contributed by atoms with Crippen LogP contribution in [0.1, 0.15) is 12.5 Å². The predicted octanol–water partition coefficient (Wildman–Crippen LogP) is 2.26. The fourth-order valence-electron chi connectivity index (χ4n) is 2.31. The Morgan fingerprint density at radius 3 is 2.86 bits per heavy atom. The van der Waals surface area contributed by atoms with Crippen molar-refractivity contribution in [3.8, 4) is 5.75 Å². The number of benzene rings is 1. The molecule has 5 nitrogen and oxygen atoms in total. The van der Waals surface area contributed by atoms with Crippen LogP contribution in [0.5, 0.6) is 5.75 Å². The largest absolute Gasteiger partial charge is 0.573 e. The van der Waals surface area contributed by atoms with Crippen LogP contribution in [0.4, 0.5) is 13.2 Å². The summed E-state index contributed by atoms with van der Waals surface area (Å²) < 4.78 is 47.1. The minimum atomic E-state index is -4.80. The lowest BCUT2D eigenvalue weighted by molar-refractivity contribution is -0.274. The predicted molar refractivity (Wildman–Crippen MR) is 67.2 cm³/mol. The van der Waals surface area contributed by atoms with E-state index in [1.165, 1.54) is 17.0 Å². The molecule has 0 spiro atoms. The number of halogens is 3. The minimum absolute atomic E-state index is 0.0890. The molecule has 0 saturated carbocycles. The van der Waals surface area contributed by atoms with Gasteiger partial charge in [0.15, 0.2) is 0 Å². The molecule has 0 bridgehead atoms. The van der Waals surface area contributed by atoms with Gasteiger partial charge in [0.25, 0.3) is 5.56 Å². The molecular formula is C13H11F3N2O3. The molecule has 112 valence electrons. The highest BCUT2D eigenvalue weighted by molar-refractivity contribution is 5.78. The van der Waals surface area contributed by atoms with Gasteiger partial charge in [-0.3, -0.25) is 9.36 Å². The lowest BCUT2D eigenvalue weighted by Gasteiger charge is -2.13. The van der Waals surface area contributed by atoms with E-state index in [-0.39, 0.29) is 11.4 Å². The Morgan fingerprint density at radius 1 is 1.38 bits per heavy atom. The summed E-state index contributed by atoms with van der Waals surface area (Å²) in [6.45, 7) is 0.943. The highest BCUT2D eigenvalue weighted by Crippen LogP contribution is 2.25. The minimum Gasteiger partial charge on any atom is -0.406 e. The van der Waals surface area contributed by atoms with Gasteiger partial charge in [-0.15, -0.1) is 13.2 Å². The maximum Gasteiger partial charge on any atom is 0.573 e. The van der Waals surface area contributed by atoms with Crippen LogP contribution in [0.2, 0.25) is 0 Å². The molecule has 21 heavy (non-hydrogen) atoms. The standard InChI is InChI=1S/C13H11F3N2O3/c14-13(15,16)21-9-1-2-11-10(5-9)12(19)18(7-17-11)8-3-4-20-6-8/h1-2,5,7-8H,3-4,6H2. The van der Waals surface area contributed by atoms with E-state index < -0.39 is 17.7 Å². The fraction of sp³-hybridized carbons (Fsp3) is 0.385. The topological polar surface area (TPSA) is 53.3 Å². The van der Waals surface area contributed by atoms with Crippen LogP contribution >= 0.6 is 0 Å². The number of rotatable bonds is 2. The highest BCUT2D eigenvalue weighted by atomic mass is 19.4. The normalized spacial score (nSPS) is 19.1. The molecule has 1 aromatic carbocycles. The zero-order valence-corrected chi connectivity index (χ0v) is 10.8. The van der Waals surface area contributed by atoms with Crippen molar-refractivity contribution in [2.45, 2.75) is 18.8 Å². The van der Waals surface area contributed by atoms with Crippen molar-refractivity contribution in [2.75, 3.05) is 13.2 Å². The van der Waals surface area contributed by atoms with E-state index in [0.29, 0.717) is 25.2 Å². The Balaban J connectivity index is 2.06. The third kappa shape index (κ3) is 2.85. The van der Waals surface area contributed by atoms with Crippen LogP contribution in [0, 0.1) is 0 Å². The molecule has 8 heteroatoms. The van der Waals surface area contributed by atoms with Crippen LogP contribution < -0.4 is 10.3 Å². The molecule has 3 rings (SSSR count). The summed E-state index contributed by atoms with van der Waals surface area (Å²) in [6, 6.07) is 3.38. The number of ether oxygens (including phenoxy) is 2. The summed E-state index contributed by atoms with van der Waals surface area (Å²) in [6.07, 6.45) is -2.73. The van der Waals surface area contributed by atoms with E-state index in [1.54, 1.807) is 0 Å². The number of nitrogens with zero attached hydrogens (tertiary/aromatic N) is 2. The van der Waals surface area contributed by atoms with E-state index in [9.17, 15) is 18.0 Å². The van der Waals surface area contributed by atoms with Crippen molar-refractivity contribution in [1.82, 2.24) is 9.55 Å². The Labute approximate surface area is 116 Å². The second kappa shape index (κ2) is 5.03. The molecule has 0 radical (unpaired) electrons. The maximum absolute atomic E-state index is 12.4. The summed E-state index contributed by atoms with van der Waals surface area (Å²) in [5.41, 5.74) is -0.0761. The van der Waals surface area contributed by atoms with Crippen molar-refractivity contribution in [3.63, 3.8) is 0 Å². The molecule has 0 aliphatic carbocycles. The summed E-state index contributed by atoms with van der Waals surface area (Å²) in [4.78, 5) is 16.5. The van der Waals surface area contributed by atoms with Crippen molar-refractivity contribution in [3.05, 3.63) is 34.9 Å².